The number of hydrogen-bond acceptors (Lipinski definition) is 2. The Morgan fingerprint density at radius 2 is 1.62 bits per heavy atom. The smallest absolute Gasteiger partial charge is 0.220 e. The summed E-state index contributed by atoms with van der Waals surface area (Å²) in [5.74, 6) is 0.815. The topological polar surface area (TPSA) is 55.1 Å². The summed E-state index contributed by atoms with van der Waals surface area (Å²) < 4.78 is 0. The lowest BCUT2D eigenvalue weighted by atomic mass is 9.94. The summed E-state index contributed by atoms with van der Waals surface area (Å²) in [6.45, 7) is 10.8. The molecule has 1 aromatic rings. The number of benzene rings is 1. The molecule has 1 amide bonds. The minimum atomic E-state index is -0.363. The van der Waals surface area contributed by atoms with Crippen molar-refractivity contribution < 1.29 is 4.79 Å². The highest BCUT2D eigenvalue weighted by Crippen LogP contribution is 2.22. The lowest BCUT2D eigenvalue weighted by molar-refractivity contribution is -0.121. The van der Waals surface area contributed by atoms with Gasteiger partial charge in [-0.25, -0.2) is 0 Å². The van der Waals surface area contributed by atoms with E-state index >= 15 is 0 Å². The number of hydrogen-bond donors (Lipinski definition) is 2. The summed E-state index contributed by atoms with van der Waals surface area (Å²) in [7, 11) is 0. The molecule has 120 valence electrons. The average Bonchev–Trinajstić information content (AvgIpc) is 2.35. The Bertz CT molecular complexity index is 435. The number of rotatable bonds is 6. The first-order valence-corrected chi connectivity index (χ1v) is 7.34. The highest BCUT2D eigenvalue weighted by atomic mass is 35.5. The van der Waals surface area contributed by atoms with Crippen molar-refractivity contribution in [3.63, 3.8) is 0 Å². The van der Waals surface area contributed by atoms with Gasteiger partial charge in [0.1, 0.15) is 0 Å². The molecule has 0 radical (unpaired) electrons. The molecule has 0 bridgehead atoms. The van der Waals surface area contributed by atoms with Gasteiger partial charge in [0.15, 0.2) is 0 Å². The van der Waals surface area contributed by atoms with Crippen LogP contribution in [0.1, 0.15) is 64.0 Å². The van der Waals surface area contributed by atoms with Crippen molar-refractivity contribution in [1.82, 2.24) is 5.32 Å². The van der Waals surface area contributed by atoms with Gasteiger partial charge in [-0.2, -0.15) is 0 Å². The van der Waals surface area contributed by atoms with Crippen molar-refractivity contribution in [3.8, 4) is 0 Å². The summed E-state index contributed by atoms with van der Waals surface area (Å²) in [5, 5.41) is 2.89. The Labute approximate surface area is 135 Å². The van der Waals surface area contributed by atoms with Crippen LogP contribution in [0.15, 0.2) is 24.3 Å². The Balaban J connectivity index is 0.00000400. The maximum atomic E-state index is 11.9. The van der Waals surface area contributed by atoms with E-state index in [-0.39, 0.29) is 29.8 Å². The van der Waals surface area contributed by atoms with Crippen molar-refractivity contribution in [2.24, 2.45) is 5.73 Å². The average molecular weight is 313 g/mol. The van der Waals surface area contributed by atoms with Gasteiger partial charge in [-0.15, -0.1) is 12.4 Å². The number of amides is 1. The van der Waals surface area contributed by atoms with Crippen molar-refractivity contribution in [2.75, 3.05) is 6.54 Å². The third kappa shape index (κ3) is 7.49. The van der Waals surface area contributed by atoms with E-state index in [1.54, 1.807) is 0 Å². The van der Waals surface area contributed by atoms with Crippen LogP contribution in [0.25, 0.3) is 0 Å². The van der Waals surface area contributed by atoms with E-state index in [1.807, 2.05) is 13.8 Å². The van der Waals surface area contributed by atoms with Crippen LogP contribution in [0.3, 0.4) is 0 Å². The van der Waals surface area contributed by atoms with Crippen LogP contribution in [0.5, 0.6) is 0 Å². The van der Waals surface area contributed by atoms with Gasteiger partial charge in [0.2, 0.25) is 5.91 Å². The standard InChI is InChI=1S/C17H28N2O.ClH/c1-12(2)14-6-8-15(9-7-14)13(3)10-16(20)19-11-17(4,5)18;/h6-9,12-13H,10-11,18H2,1-5H3,(H,19,20);1H. The third-order valence-corrected chi connectivity index (χ3v) is 3.40. The largest absolute Gasteiger partial charge is 0.354 e. The lowest BCUT2D eigenvalue weighted by Crippen LogP contribution is -2.45. The predicted octanol–water partition coefficient (Wildman–Crippen LogP) is 3.58. The van der Waals surface area contributed by atoms with Crippen LogP contribution < -0.4 is 11.1 Å². The molecule has 0 fully saturated rings. The van der Waals surface area contributed by atoms with Crippen LogP contribution >= 0.6 is 12.4 Å². The van der Waals surface area contributed by atoms with Gasteiger partial charge < -0.3 is 11.1 Å². The molecule has 0 aromatic heterocycles. The summed E-state index contributed by atoms with van der Waals surface area (Å²) in [6.07, 6.45) is 0.497. The number of nitrogens with one attached hydrogen (secondary N) is 1. The van der Waals surface area contributed by atoms with Gasteiger partial charge >= 0.3 is 0 Å². The fourth-order valence-electron chi connectivity index (χ4n) is 2.00. The molecule has 0 heterocycles. The molecule has 1 aromatic carbocycles. The van der Waals surface area contributed by atoms with Crippen molar-refractivity contribution >= 4 is 18.3 Å². The van der Waals surface area contributed by atoms with Crippen molar-refractivity contribution in [2.45, 2.75) is 58.4 Å². The van der Waals surface area contributed by atoms with Gasteiger partial charge in [-0.1, -0.05) is 45.0 Å². The van der Waals surface area contributed by atoms with Gasteiger partial charge in [0, 0.05) is 18.5 Å². The predicted molar refractivity (Wildman–Crippen MR) is 92.1 cm³/mol. The number of nitrogens with two attached hydrogens (primary N) is 1. The fraction of sp³-hybridized carbons (Fsp3) is 0.588. The Kier molecular flexibility index (Phi) is 7.98. The number of carbonyl (C=O) groups is 1. The normalized spacial score (nSPS) is 12.7. The molecule has 1 unspecified atom stereocenters. The highest BCUT2D eigenvalue weighted by Gasteiger charge is 2.15. The fourth-order valence-corrected chi connectivity index (χ4v) is 2.00. The summed E-state index contributed by atoms with van der Waals surface area (Å²) in [6, 6.07) is 8.55. The van der Waals surface area contributed by atoms with Gasteiger partial charge in [0.25, 0.3) is 0 Å². The molecule has 0 aliphatic heterocycles. The third-order valence-electron chi connectivity index (χ3n) is 3.40. The molecule has 1 atom stereocenters. The molecule has 0 saturated carbocycles. The zero-order valence-electron chi connectivity index (χ0n) is 13.8. The minimum absolute atomic E-state index is 0. The second-order valence-electron chi connectivity index (χ2n) is 6.69. The second kappa shape index (κ2) is 8.40. The van der Waals surface area contributed by atoms with E-state index < -0.39 is 0 Å². The van der Waals surface area contributed by atoms with Crippen molar-refractivity contribution in [3.05, 3.63) is 35.4 Å². The minimum Gasteiger partial charge on any atom is -0.354 e. The van der Waals surface area contributed by atoms with E-state index in [4.69, 9.17) is 5.73 Å². The van der Waals surface area contributed by atoms with Crippen LogP contribution in [-0.4, -0.2) is 18.0 Å². The van der Waals surface area contributed by atoms with Crippen molar-refractivity contribution in [1.29, 1.82) is 0 Å². The first-order valence-electron chi connectivity index (χ1n) is 7.34. The van der Waals surface area contributed by atoms with E-state index in [9.17, 15) is 4.79 Å². The number of halogens is 1. The highest BCUT2D eigenvalue weighted by molar-refractivity contribution is 5.85. The summed E-state index contributed by atoms with van der Waals surface area (Å²) in [5.41, 5.74) is 8.03. The van der Waals surface area contributed by atoms with E-state index in [0.717, 1.165) is 0 Å². The van der Waals surface area contributed by atoms with Gasteiger partial charge in [-0.05, 0) is 36.8 Å². The van der Waals surface area contributed by atoms with Crippen LogP contribution in [0.4, 0.5) is 0 Å². The quantitative estimate of drug-likeness (QED) is 0.843. The molecule has 3 nitrogen and oxygen atoms in total. The zero-order valence-corrected chi connectivity index (χ0v) is 14.6. The molecule has 3 N–H and O–H groups in total. The van der Waals surface area contributed by atoms with Crippen LogP contribution in [-0.2, 0) is 4.79 Å². The Morgan fingerprint density at radius 3 is 2.05 bits per heavy atom. The molecule has 21 heavy (non-hydrogen) atoms. The Hall–Kier alpha value is -1.06. The first kappa shape index (κ1) is 19.9. The zero-order chi connectivity index (χ0) is 15.3. The van der Waals surface area contributed by atoms with E-state index in [0.29, 0.717) is 18.9 Å². The molecular formula is C17H29ClN2O. The maximum absolute atomic E-state index is 11.9. The van der Waals surface area contributed by atoms with Crippen LogP contribution in [0, 0.1) is 0 Å². The molecule has 0 aliphatic rings. The first-order chi connectivity index (χ1) is 9.19. The molecule has 0 saturated heterocycles. The monoisotopic (exact) mass is 312 g/mol. The summed E-state index contributed by atoms with van der Waals surface area (Å²) >= 11 is 0. The lowest BCUT2D eigenvalue weighted by Gasteiger charge is -2.20. The van der Waals surface area contributed by atoms with Gasteiger partial charge in [-0.3, -0.25) is 4.79 Å². The summed E-state index contributed by atoms with van der Waals surface area (Å²) in [4.78, 5) is 11.9. The molecular weight excluding hydrogens is 284 g/mol. The van der Waals surface area contributed by atoms with E-state index in [1.165, 1.54) is 11.1 Å². The number of carbonyl (C=O) groups excluding carboxylic acids is 1. The van der Waals surface area contributed by atoms with E-state index in [2.05, 4.69) is 50.4 Å². The molecule has 1 rings (SSSR count). The Morgan fingerprint density at radius 1 is 1.14 bits per heavy atom. The molecule has 4 heteroatoms. The molecule has 0 aliphatic carbocycles. The molecule has 0 spiro atoms. The van der Waals surface area contributed by atoms with Gasteiger partial charge in [0.05, 0.1) is 0 Å². The maximum Gasteiger partial charge on any atom is 0.220 e. The second-order valence-corrected chi connectivity index (χ2v) is 6.69. The SMILES string of the molecule is CC(C)c1ccc(C(C)CC(=O)NCC(C)(C)N)cc1.Cl. The van der Waals surface area contributed by atoms with Crippen LogP contribution in [0.2, 0.25) is 0 Å².